The summed E-state index contributed by atoms with van der Waals surface area (Å²) < 4.78 is 2.98. The van der Waals surface area contributed by atoms with E-state index in [9.17, 15) is 4.79 Å². The molecule has 1 heterocycles. The van der Waals surface area contributed by atoms with Crippen LogP contribution in [0.25, 0.3) is 0 Å². The first-order valence-corrected chi connectivity index (χ1v) is 6.58. The molecule has 0 unspecified atom stereocenters. The van der Waals surface area contributed by atoms with E-state index in [1.165, 1.54) is 0 Å². The first-order valence-electron chi connectivity index (χ1n) is 5.50. The molecule has 0 fully saturated rings. The van der Waals surface area contributed by atoms with Gasteiger partial charge in [-0.25, -0.2) is 4.98 Å². The molecule has 0 bridgehead atoms. The molecule has 0 aliphatic heterocycles. The lowest BCUT2D eigenvalue weighted by molar-refractivity contribution is 0.0989. The summed E-state index contributed by atoms with van der Waals surface area (Å²) in [5.41, 5.74) is 0.777. The molecule has 17 heavy (non-hydrogen) atoms. The number of aryl methyl sites for hydroxylation is 1. The zero-order valence-corrected chi connectivity index (χ0v) is 11.7. The van der Waals surface area contributed by atoms with Crippen molar-refractivity contribution >= 4 is 28.4 Å². The summed E-state index contributed by atoms with van der Waals surface area (Å²) in [6.45, 7) is 2.89. The zero-order chi connectivity index (χ0) is 12.3. The van der Waals surface area contributed by atoms with Crippen molar-refractivity contribution < 1.29 is 4.79 Å². The van der Waals surface area contributed by atoms with E-state index in [4.69, 9.17) is 0 Å². The second-order valence-corrected chi connectivity index (χ2v) is 4.87. The molecule has 0 atom stereocenters. The molecule has 0 radical (unpaired) electrons. The Morgan fingerprint density at radius 1 is 1.41 bits per heavy atom. The lowest BCUT2D eigenvalue weighted by Crippen LogP contribution is -2.10. The predicted octanol–water partition coefficient (Wildman–Crippen LogP) is 2.93. The van der Waals surface area contributed by atoms with Gasteiger partial charge in [-0.15, -0.1) is 0 Å². The number of hydrogen-bond donors (Lipinski definition) is 0. The van der Waals surface area contributed by atoms with Crippen LogP contribution in [0.15, 0.2) is 36.7 Å². The Kier molecular flexibility index (Phi) is 3.93. The Labute approximate surface area is 114 Å². The quantitative estimate of drug-likeness (QED) is 0.634. The van der Waals surface area contributed by atoms with E-state index in [1.54, 1.807) is 6.20 Å². The Morgan fingerprint density at radius 2 is 2.18 bits per heavy atom. The monoisotopic (exact) mass is 340 g/mol. The van der Waals surface area contributed by atoms with Crippen LogP contribution in [0.2, 0.25) is 0 Å². The van der Waals surface area contributed by atoms with E-state index in [-0.39, 0.29) is 5.78 Å². The number of halogens is 1. The van der Waals surface area contributed by atoms with Gasteiger partial charge in [-0.1, -0.05) is 18.2 Å². The van der Waals surface area contributed by atoms with E-state index in [2.05, 4.69) is 27.6 Å². The lowest BCUT2D eigenvalue weighted by Gasteiger charge is -2.05. The number of hydrogen-bond acceptors (Lipinski definition) is 2. The largest absolute Gasteiger partial charge is 0.335 e. The molecular weight excluding hydrogens is 327 g/mol. The van der Waals surface area contributed by atoms with E-state index in [1.807, 2.05) is 42.0 Å². The average molecular weight is 340 g/mol. The minimum absolute atomic E-state index is 0.121. The third-order valence-electron chi connectivity index (χ3n) is 2.64. The summed E-state index contributed by atoms with van der Waals surface area (Å²) in [5, 5.41) is 0. The van der Waals surface area contributed by atoms with Gasteiger partial charge in [0.15, 0.2) is 5.78 Å². The molecule has 0 saturated carbocycles. The molecule has 0 aliphatic carbocycles. The van der Waals surface area contributed by atoms with Crippen molar-refractivity contribution in [3.05, 3.63) is 51.6 Å². The highest BCUT2D eigenvalue weighted by Crippen LogP contribution is 2.14. The number of nitrogens with zero attached hydrogens (tertiary/aromatic N) is 2. The van der Waals surface area contributed by atoms with Crippen LogP contribution in [0.5, 0.6) is 0 Å². The van der Waals surface area contributed by atoms with E-state index < -0.39 is 0 Å². The highest BCUT2D eigenvalue weighted by molar-refractivity contribution is 14.1. The Balaban J connectivity index is 2.20. The summed E-state index contributed by atoms with van der Waals surface area (Å²) in [5.74, 6) is 0.952. The standard InChI is InChI=1S/C13H13IN2O/c1-2-16-8-7-15-13(16)9-12(17)10-5-3-4-6-11(10)14/h3-8H,2,9H2,1H3. The molecule has 0 saturated heterocycles. The number of imidazole rings is 1. The van der Waals surface area contributed by atoms with Crippen molar-refractivity contribution in [3.63, 3.8) is 0 Å². The third kappa shape index (κ3) is 2.74. The number of aromatic nitrogens is 2. The van der Waals surface area contributed by atoms with Crippen LogP contribution in [0.1, 0.15) is 23.1 Å². The first kappa shape index (κ1) is 12.3. The molecule has 1 aromatic carbocycles. The lowest BCUT2D eigenvalue weighted by atomic mass is 10.1. The summed E-state index contributed by atoms with van der Waals surface area (Å²) in [7, 11) is 0. The molecule has 4 heteroatoms. The highest BCUT2D eigenvalue weighted by atomic mass is 127. The number of rotatable bonds is 4. The molecular formula is C13H13IN2O. The fourth-order valence-electron chi connectivity index (χ4n) is 1.72. The Hall–Kier alpha value is -1.17. The van der Waals surface area contributed by atoms with Crippen LogP contribution in [-0.4, -0.2) is 15.3 Å². The second kappa shape index (κ2) is 5.44. The van der Waals surface area contributed by atoms with Gasteiger partial charge >= 0.3 is 0 Å². The average Bonchev–Trinajstić information content (AvgIpc) is 2.76. The van der Waals surface area contributed by atoms with Gasteiger partial charge in [0.2, 0.25) is 0 Å². The Bertz CT molecular complexity index is 534. The molecule has 88 valence electrons. The van der Waals surface area contributed by atoms with E-state index in [0.29, 0.717) is 6.42 Å². The van der Waals surface area contributed by atoms with E-state index >= 15 is 0 Å². The summed E-state index contributed by atoms with van der Waals surface area (Å²) in [6, 6.07) is 7.64. The highest BCUT2D eigenvalue weighted by Gasteiger charge is 2.12. The fourth-order valence-corrected chi connectivity index (χ4v) is 2.41. The molecule has 2 rings (SSSR count). The maximum atomic E-state index is 12.1. The minimum atomic E-state index is 0.121. The number of ketones is 1. The van der Waals surface area contributed by atoms with Gasteiger partial charge in [0, 0.05) is 28.1 Å². The van der Waals surface area contributed by atoms with Crippen molar-refractivity contribution in [1.29, 1.82) is 0 Å². The van der Waals surface area contributed by atoms with Gasteiger partial charge in [0.1, 0.15) is 5.82 Å². The predicted molar refractivity (Wildman–Crippen MR) is 75.1 cm³/mol. The number of carbonyl (C=O) groups is 1. The number of Topliss-reactive ketones (excluding diaryl/α,β-unsaturated/α-hetero) is 1. The minimum Gasteiger partial charge on any atom is -0.335 e. The van der Waals surface area contributed by atoms with E-state index in [0.717, 1.165) is 21.5 Å². The molecule has 1 aromatic heterocycles. The molecule has 3 nitrogen and oxygen atoms in total. The SMILES string of the molecule is CCn1ccnc1CC(=O)c1ccccc1I. The first-order chi connectivity index (χ1) is 8.22. The molecule has 2 aromatic rings. The van der Waals surface area contributed by atoms with Crippen molar-refractivity contribution in [2.24, 2.45) is 0 Å². The van der Waals surface area contributed by atoms with Gasteiger partial charge in [-0.05, 0) is 35.6 Å². The third-order valence-corrected chi connectivity index (χ3v) is 3.58. The number of carbonyl (C=O) groups excluding carboxylic acids is 1. The smallest absolute Gasteiger partial charge is 0.171 e. The van der Waals surface area contributed by atoms with Crippen molar-refractivity contribution in [2.45, 2.75) is 19.9 Å². The van der Waals surface area contributed by atoms with Crippen LogP contribution in [0.4, 0.5) is 0 Å². The summed E-state index contributed by atoms with van der Waals surface area (Å²) in [4.78, 5) is 16.4. The fraction of sp³-hybridized carbons (Fsp3) is 0.231. The normalized spacial score (nSPS) is 10.5. The van der Waals surface area contributed by atoms with Crippen LogP contribution in [0, 0.1) is 3.57 Å². The second-order valence-electron chi connectivity index (χ2n) is 3.71. The van der Waals surface area contributed by atoms with Gasteiger partial charge in [-0.2, -0.15) is 0 Å². The Morgan fingerprint density at radius 3 is 2.88 bits per heavy atom. The topological polar surface area (TPSA) is 34.9 Å². The summed E-state index contributed by atoms with van der Waals surface area (Å²) >= 11 is 2.19. The number of benzene rings is 1. The van der Waals surface area contributed by atoms with Crippen LogP contribution < -0.4 is 0 Å². The van der Waals surface area contributed by atoms with Crippen molar-refractivity contribution in [1.82, 2.24) is 9.55 Å². The zero-order valence-electron chi connectivity index (χ0n) is 9.56. The maximum Gasteiger partial charge on any atom is 0.171 e. The molecule has 0 spiro atoms. The van der Waals surface area contributed by atoms with Crippen molar-refractivity contribution in [3.8, 4) is 0 Å². The van der Waals surface area contributed by atoms with Gasteiger partial charge in [0.05, 0.1) is 6.42 Å². The molecule has 0 aliphatic rings. The van der Waals surface area contributed by atoms with Crippen molar-refractivity contribution in [2.75, 3.05) is 0 Å². The van der Waals surface area contributed by atoms with Gasteiger partial charge in [-0.3, -0.25) is 4.79 Å². The van der Waals surface area contributed by atoms with Gasteiger partial charge < -0.3 is 4.57 Å². The maximum absolute atomic E-state index is 12.1. The van der Waals surface area contributed by atoms with Gasteiger partial charge in [0.25, 0.3) is 0 Å². The molecule has 0 N–H and O–H groups in total. The van der Waals surface area contributed by atoms with Crippen LogP contribution in [0.3, 0.4) is 0 Å². The van der Waals surface area contributed by atoms with Crippen LogP contribution in [-0.2, 0) is 13.0 Å². The molecule has 0 amide bonds. The van der Waals surface area contributed by atoms with Crippen LogP contribution >= 0.6 is 22.6 Å². The summed E-state index contributed by atoms with van der Waals surface area (Å²) in [6.07, 6.45) is 4.00.